The molecule has 0 atom stereocenters. The molecule has 10 heteroatoms. The van der Waals surface area contributed by atoms with Crippen molar-refractivity contribution in [3.63, 3.8) is 0 Å². The Labute approximate surface area is 173 Å². The van der Waals surface area contributed by atoms with Crippen molar-refractivity contribution in [2.45, 2.75) is 18.7 Å². The number of nitrogens with one attached hydrogen (secondary N) is 3. The van der Waals surface area contributed by atoms with Gasteiger partial charge in [-0.25, -0.2) is 27.9 Å². The zero-order valence-corrected chi connectivity index (χ0v) is 17.0. The monoisotopic (exact) mass is 422 g/mol. The van der Waals surface area contributed by atoms with Crippen LogP contribution in [0.25, 0.3) is 0 Å². The fourth-order valence-electron chi connectivity index (χ4n) is 2.64. The maximum atomic E-state index is 12.5. The van der Waals surface area contributed by atoms with Gasteiger partial charge in [-0.15, -0.1) is 0 Å². The fraction of sp³-hybridized carbons (Fsp3) is 0.100. The van der Waals surface area contributed by atoms with Gasteiger partial charge in [-0.2, -0.15) is 5.26 Å². The number of hydrogen-bond donors (Lipinski definition) is 3. The molecule has 0 fully saturated rings. The number of aryl methyl sites for hydroxylation is 2. The SMILES string of the molecule is Cc1cc(C)nc(NS(=O)(=O)c2ccc(NC(=O)Nc3ccccc3C#N)cc2)n1. The summed E-state index contributed by atoms with van der Waals surface area (Å²) in [6.45, 7) is 3.49. The molecule has 2 amide bonds. The van der Waals surface area contributed by atoms with E-state index >= 15 is 0 Å². The van der Waals surface area contributed by atoms with E-state index in [2.05, 4.69) is 25.3 Å². The van der Waals surface area contributed by atoms with Crippen LogP contribution in [0.2, 0.25) is 0 Å². The average Bonchev–Trinajstić information content (AvgIpc) is 2.67. The van der Waals surface area contributed by atoms with Crippen molar-refractivity contribution in [3.05, 3.63) is 71.5 Å². The van der Waals surface area contributed by atoms with Gasteiger partial charge in [-0.1, -0.05) is 12.1 Å². The molecule has 0 aliphatic rings. The Hall–Kier alpha value is -3.97. The zero-order chi connectivity index (χ0) is 21.7. The Morgan fingerprint density at radius 2 is 1.60 bits per heavy atom. The minimum atomic E-state index is -3.89. The Bertz CT molecular complexity index is 1210. The maximum absolute atomic E-state index is 12.5. The van der Waals surface area contributed by atoms with Gasteiger partial charge in [0.2, 0.25) is 5.95 Å². The molecule has 0 radical (unpaired) electrons. The van der Waals surface area contributed by atoms with Gasteiger partial charge < -0.3 is 10.6 Å². The summed E-state index contributed by atoms with van der Waals surface area (Å²) in [7, 11) is -3.89. The highest BCUT2D eigenvalue weighted by molar-refractivity contribution is 7.92. The number of para-hydroxylation sites is 1. The van der Waals surface area contributed by atoms with Crippen LogP contribution < -0.4 is 15.4 Å². The lowest BCUT2D eigenvalue weighted by Crippen LogP contribution is -2.20. The first kappa shape index (κ1) is 20.8. The van der Waals surface area contributed by atoms with Crippen molar-refractivity contribution in [2.75, 3.05) is 15.4 Å². The van der Waals surface area contributed by atoms with Gasteiger partial charge in [0.1, 0.15) is 6.07 Å². The number of amides is 2. The van der Waals surface area contributed by atoms with Gasteiger partial charge in [0, 0.05) is 17.1 Å². The summed E-state index contributed by atoms with van der Waals surface area (Å²) < 4.78 is 27.4. The molecule has 3 rings (SSSR count). The molecule has 0 aliphatic carbocycles. The van der Waals surface area contributed by atoms with Crippen LogP contribution in [-0.2, 0) is 10.0 Å². The topological polar surface area (TPSA) is 137 Å². The van der Waals surface area contributed by atoms with Crippen molar-refractivity contribution in [2.24, 2.45) is 0 Å². The molecule has 0 saturated carbocycles. The van der Waals surface area contributed by atoms with Crippen LogP contribution in [0.15, 0.2) is 59.5 Å². The molecule has 0 bridgehead atoms. The normalized spacial score (nSPS) is 10.7. The first-order valence-corrected chi connectivity index (χ1v) is 10.3. The molecule has 0 unspecified atom stereocenters. The summed E-state index contributed by atoms with van der Waals surface area (Å²) in [4.78, 5) is 20.3. The van der Waals surface area contributed by atoms with E-state index in [0.717, 1.165) is 0 Å². The predicted molar refractivity (Wildman–Crippen MR) is 113 cm³/mol. The molecule has 3 aromatic rings. The second-order valence-electron chi connectivity index (χ2n) is 6.34. The molecule has 0 spiro atoms. The molecule has 0 saturated heterocycles. The third kappa shape index (κ3) is 5.09. The minimum absolute atomic E-state index is 0.00829. The molecule has 30 heavy (non-hydrogen) atoms. The Balaban J connectivity index is 1.69. The van der Waals surface area contributed by atoms with Crippen molar-refractivity contribution >= 4 is 33.4 Å². The van der Waals surface area contributed by atoms with Crippen molar-refractivity contribution in [3.8, 4) is 6.07 Å². The van der Waals surface area contributed by atoms with Gasteiger partial charge in [0.05, 0.1) is 16.1 Å². The highest BCUT2D eigenvalue weighted by Crippen LogP contribution is 2.18. The number of benzene rings is 2. The molecular weight excluding hydrogens is 404 g/mol. The number of urea groups is 1. The van der Waals surface area contributed by atoms with Gasteiger partial charge in [0.25, 0.3) is 10.0 Å². The number of aromatic nitrogens is 2. The van der Waals surface area contributed by atoms with E-state index in [0.29, 0.717) is 28.3 Å². The van der Waals surface area contributed by atoms with E-state index in [1.807, 2.05) is 6.07 Å². The summed E-state index contributed by atoms with van der Waals surface area (Å²) in [5.74, 6) is -0.00904. The molecule has 2 aromatic carbocycles. The zero-order valence-electron chi connectivity index (χ0n) is 16.2. The molecule has 152 valence electrons. The number of nitriles is 1. The second kappa shape index (κ2) is 8.59. The lowest BCUT2D eigenvalue weighted by molar-refractivity contribution is 0.262. The number of rotatable bonds is 5. The minimum Gasteiger partial charge on any atom is -0.308 e. The highest BCUT2D eigenvalue weighted by Gasteiger charge is 2.16. The third-order valence-electron chi connectivity index (χ3n) is 3.93. The van der Waals surface area contributed by atoms with Crippen molar-refractivity contribution in [1.82, 2.24) is 9.97 Å². The van der Waals surface area contributed by atoms with Gasteiger partial charge in [0.15, 0.2) is 0 Å². The van der Waals surface area contributed by atoms with E-state index in [1.165, 1.54) is 24.3 Å². The summed E-state index contributed by atoms with van der Waals surface area (Å²) in [6.07, 6.45) is 0. The average molecular weight is 422 g/mol. The first-order chi connectivity index (χ1) is 14.3. The Kier molecular flexibility index (Phi) is 5.94. The highest BCUT2D eigenvalue weighted by atomic mass is 32.2. The second-order valence-corrected chi connectivity index (χ2v) is 8.02. The van der Waals surface area contributed by atoms with Crippen LogP contribution in [0.3, 0.4) is 0 Å². The van der Waals surface area contributed by atoms with E-state index in [9.17, 15) is 13.2 Å². The molecule has 3 N–H and O–H groups in total. The fourth-order valence-corrected chi connectivity index (χ4v) is 3.59. The summed E-state index contributed by atoms with van der Waals surface area (Å²) >= 11 is 0. The molecular formula is C20H18N6O3S. The van der Waals surface area contributed by atoms with E-state index in [4.69, 9.17) is 5.26 Å². The number of nitrogens with zero attached hydrogens (tertiary/aromatic N) is 3. The van der Waals surface area contributed by atoms with Crippen LogP contribution in [0.4, 0.5) is 22.1 Å². The maximum Gasteiger partial charge on any atom is 0.323 e. The van der Waals surface area contributed by atoms with Gasteiger partial charge in [-0.05, 0) is 56.3 Å². The molecule has 1 heterocycles. The molecule has 1 aromatic heterocycles. The third-order valence-corrected chi connectivity index (χ3v) is 5.27. The van der Waals surface area contributed by atoms with E-state index in [-0.39, 0.29) is 10.8 Å². The van der Waals surface area contributed by atoms with Crippen LogP contribution >= 0.6 is 0 Å². The lowest BCUT2D eigenvalue weighted by atomic mass is 10.2. The van der Waals surface area contributed by atoms with Crippen LogP contribution in [0.1, 0.15) is 17.0 Å². The smallest absolute Gasteiger partial charge is 0.308 e. The number of hydrogen-bond acceptors (Lipinski definition) is 6. The first-order valence-electron chi connectivity index (χ1n) is 8.79. The van der Waals surface area contributed by atoms with E-state index < -0.39 is 16.1 Å². The standard InChI is InChI=1S/C20H18N6O3S/c1-13-11-14(2)23-19(22-13)26-30(28,29)17-9-7-16(8-10-17)24-20(27)25-18-6-4-3-5-15(18)12-21/h3-11H,1-2H3,(H,22,23,26)(H2,24,25,27). The van der Waals surface area contributed by atoms with Gasteiger partial charge in [-0.3, -0.25) is 0 Å². The predicted octanol–water partition coefficient (Wildman–Crippen LogP) is 3.41. The number of carbonyl (C=O) groups is 1. The summed E-state index contributed by atoms with van der Waals surface area (Å²) in [5.41, 5.74) is 2.36. The van der Waals surface area contributed by atoms with Crippen molar-refractivity contribution in [1.29, 1.82) is 5.26 Å². The van der Waals surface area contributed by atoms with Gasteiger partial charge >= 0.3 is 6.03 Å². The number of sulfonamides is 1. The van der Waals surface area contributed by atoms with E-state index in [1.54, 1.807) is 44.2 Å². The number of anilines is 3. The lowest BCUT2D eigenvalue weighted by Gasteiger charge is -2.10. The van der Waals surface area contributed by atoms with Crippen LogP contribution in [0.5, 0.6) is 0 Å². The van der Waals surface area contributed by atoms with Crippen molar-refractivity contribution < 1.29 is 13.2 Å². The van der Waals surface area contributed by atoms with Crippen LogP contribution in [-0.4, -0.2) is 24.4 Å². The Morgan fingerprint density at radius 3 is 2.23 bits per heavy atom. The largest absolute Gasteiger partial charge is 0.323 e. The molecule has 0 aliphatic heterocycles. The Morgan fingerprint density at radius 1 is 0.967 bits per heavy atom. The summed E-state index contributed by atoms with van der Waals surface area (Å²) in [5, 5.41) is 14.2. The molecule has 9 nitrogen and oxygen atoms in total. The summed E-state index contributed by atoms with van der Waals surface area (Å²) in [6, 6.07) is 15.3. The van der Waals surface area contributed by atoms with Crippen LogP contribution in [0, 0.1) is 25.2 Å². The number of carbonyl (C=O) groups excluding carboxylic acids is 1. The quantitative estimate of drug-likeness (QED) is 0.576.